The summed E-state index contributed by atoms with van der Waals surface area (Å²) in [6, 6.07) is 15.6. The number of amides is 2. The number of benzene rings is 2. The molecule has 26 heavy (non-hydrogen) atoms. The third-order valence-corrected chi connectivity index (χ3v) is 4.74. The van der Waals surface area contributed by atoms with Gasteiger partial charge in [-0.25, -0.2) is 0 Å². The van der Waals surface area contributed by atoms with Gasteiger partial charge in [-0.3, -0.25) is 9.59 Å². The van der Waals surface area contributed by atoms with Gasteiger partial charge in [0.15, 0.2) is 0 Å². The smallest absolute Gasteiger partial charge is 0.226 e. The summed E-state index contributed by atoms with van der Waals surface area (Å²) in [6.07, 6.45) is 2.05. The largest absolute Gasteiger partial charge is 0.342 e. The zero-order valence-corrected chi connectivity index (χ0v) is 16.1. The quantitative estimate of drug-likeness (QED) is 0.743. The number of hydrogen-bond acceptors (Lipinski definition) is 2. The van der Waals surface area contributed by atoms with Crippen LogP contribution in [-0.4, -0.2) is 29.8 Å². The predicted octanol–water partition coefficient (Wildman–Crippen LogP) is 4.46. The minimum atomic E-state index is -0.121. The number of hydrogen-bond donors (Lipinski definition) is 1. The Labute approximate surface area is 160 Å². The van der Waals surface area contributed by atoms with E-state index >= 15 is 0 Å². The second-order valence-corrected chi connectivity index (χ2v) is 6.71. The molecule has 0 aromatic heterocycles. The van der Waals surface area contributed by atoms with Crippen molar-refractivity contribution in [3.05, 3.63) is 64.7 Å². The lowest BCUT2D eigenvalue weighted by Crippen LogP contribution is -2.33. The lowest BCUT2D eigenvalue weighted by molar-refractivity contribution is -0.129. The molecule has 2 aromatic rings. The Morgan fingerprint density at radius 1 is 1.04 bits per heavy atom. The van der Waals surface area contributed by atoms with Gasteiger partial charge in [-0.2, -0.15) is 0 Å². The van der Waals surface area contributed by atoms with Crippen molar-refractivity contribution in [1.29, 1.82) is 0 Å². The van der Waals surface area contributed by atoms with Crippen LogP contribution >= 0.6 is 11.6 Å². The first-order chi connectivity index (χ1) is 12.5. The summed E-state index contributed by atoms with van der Waals surface area (Å²) in [5.41, 5.74) is 2.81. The fraction of sp³-hybridized carbons (Fsp3) is 0.333. The fourth-order valence-electron chi connectivity index (χ4n) is 2.74. The van der Waals surface area contributed by atoms with Crippen molar-refractivity contribution in [2.45, 2.75) is 33.1 Å². The highest BCUT2D eigenvalue weighted by molar-refractivity contribution is 6.31. The van der Waals surface area contributed by atoms with Crippen LogP contribution in [0.2, 0.25) is 5.02 Å². The van der Waals surface area contributed by atoms with Gasteiger partial charge in [0.1, 0.15) is 0 Å². The van der Waals surface area contributed by atoms with Crippen LogP contribution in [-0.2, 0) is 16.0 Å². The monoisotopic (exact) mass is 372 g/mol. The van der Waals surface area contributed by atoms with Gasteiger partial charge in [0.05, 0.1) is 0 Å². The van der Waals surface area contributed by atoms with E-state index in [0.717, 1.165) is 18.4 Å². The molecule has 5 heteroatoms. The van der Waals surface area contributed by atoms with Crippen molar-refractivity contribution in [2.75, 3.05) is 18.4 Å². The third-order valence-electron chi connectivity index (χ3n) is 4.33. The maximum Gasteiger partial charge on any atom is 0.226 e. The first-order valence-electron chi connectivity index (χ1n) is 8.82. The normalized spacial score (nSPS) is 10.4. The topological polar surface area (TPSA) is 49.4 Å². The average Bonchev–Trinajstić information content (AvgIpc) is 2.62. The highest BCUT2D eigenvalue weighted by Gasteiger charge is 2.12. The van der Waals surface area contributed by atoms with Gasteiger partial charge in [-0.1, -0.05) is 48.0 Å². The van der Waals surface area contributed by atoms with E-state index in [4.69, 9.17) is 11.6 Å². The summed E-state index contributed by atoms with van der Waals surface area (Å²) in [7, 11) is 0. The minimum absolute atomic E-state index is 0.00945. The molecule has 0 aliphatic rings. The van der Waals surface area contributed by atoms with E-state index in [1.165, 1.54) is 5.56 Å². The Kier molecular flexibility index (Phi) is 7.67. The van der Waals surface area contributed by atoms with E-state index in [0.29, 0.717) is 23.8 Å². The van der Waals surface area contributed by atoms with Gasteiger partial charge < -0.3 is 10.2 Å². The van der Waals surface area contributed by atoms with Crippen molar-refractivity contribution < 1.29 is 9.59 Å². The second kappa shape index (κ2) is 9.97. The fourth-order valence-corrected chi connectivity index (χ4v) is 2.91. The Morgan fingerprint density at radius 3 is 2.46 bits per heavy atom. The predicted molar refractivity (Wildman–Crippen MR) is 106 cm³/mol. The number of carbonyl (C=O) groups excluding carboxylic acids is 2. The number of carbonyl (C=O) groups is 2. The van der Waals surface area contributed by atoms with Gasteiger partial charge >= 0.3 is 0 Å². The lowest BCUT2D eigenvalue weighted by atomic mass is 10.1. The van der Waals surface area contributed by atoms with Crippen LogP contribution in [0.1, 0.15) is 30.9 Å². The maximum atomic E-state index is 12.2. The zero-order valence-electron chi connectivity index (χ0n) is 15.3. The number of nitrogens with one attached hydrogen (secondary N) is 1. The first kappa shape index (κ1) is 20.0. The summed E-state index contributed by atoms with van der Waals surface area (Å²) in [6.45, 7) is 4.47. The van der Waals surface area contributed by atoms with Crippen LogP contribution in [0.15, 0.2) is 48.5 Å². The van der Waals surface area contributed by atoms with Gasteiger partial charge in [0.25, 0.3) is 0 Å². The number of rotatable bonds is 8. The molecule has 2 amide bonds. The zero-order chi connectivity index (χ0) is 18.9. The van der Waals surface area contributed by atoms with Crippen molar-refractivity contribution in [3.8, 4) is 0 Å². The highest BCUT2D eigenvalue weighted by Crippen LogP contribution is 2.23. The van der Waals surface area contributed by atoms with E-state index in [-0.39, 0.29) is 18.2 Å². The summed E-state index contributed by atoms with van der Waals surface area (Å²) in [5, 5.41) is 3.49. The molecule has 0 aliphatic heterocycles. The summed E-state index contributed by atoms with van der Waals surface area (Å²) in [5.74, 6) is -0.130. The van der Waals surface area contributed by atoms with Crippen LogP contribution in [0.3, 0.4) is 0 Å². The Balaban J connectivity index is 1.81. The van der Waals surface area contributed by atoms with Crippen LogP contribution in [0.4, 0.5) is 5.69 Å². The molecule has 0 atom stereocenters. The van der Waals surface area contributed by atoms with Crippen molar-refractivity contribution in [2.24, 2.45) is 0 Å². The van der Waals surface area contributed by atoms with Crippen LogP contribution in [0.25, 0.3) is 0 Å². The van der Waals surface area contributed by atoms with Gasteiger partial charge in [0.2, 0.25) is 11.8 Å². The second-order valence-electron chi connectivity index (χ2n) is 6.31. The average molecular weight is 373 g/mol. The summed E-state index contributed by atoms with van der Waals surface area (Å²) < 4.78 is 0. The summed E-state index contributed by atoms with van der Waals surface area (Å²) >= 11 is 6.07. The Morgan fingerprint density at radius 2 is 1.77 bits per heavy atom. The molecular weight excluding hydrogens is 348 g/mol. The molecule has 0 aliphatic carbocycles. The SMILES string of the molecule is CC(=O)N(CCCc1ccccc1)CCC(=O)Nc1cccc(Cl)c1C. The van der Waals surface area contributed by atoms with E-state index < -0.39 is 0 Å². The molecule has 0 fully saturated rings. The lowest BCUT2D eigenvalue weighted by Gasteiger charge is -2.21. The van der Waals surface area contributed by atoms with Crippen molar-refractivity contribution in [3.63, 3.8) is 0 Å². The summed E-state index contributed by atoms with van der Waals surface area (Å²) in [4.78, 5) is 25.8. The first-order valence-corrected chi connectivity index (χ1v) is 9.19. The minimum Gasteiger partial charge on any atom is -0.342 e. The molecule has 0 saturated carbocycles. The Hall–Kier alpha value is -2.33. The van der Waals surface area contributed by atoms with Crippen LogP contribution < -0.4 is 5.32 Å². The molecule has 2 rings (SSSR count). The van der Waals surface area contributed by atoms with E-state index in [1.807, 2.05) is 31.2 Å². The molecule has 0 bridgehead atoms. The van der Waals surface area contributed by atoms with Crippen LogP contribution in [0, 0.1) is 6.92 Å². The van der Waals surface area contributed by atoms with Gasteiger partial charge in [-0.05, 0) is 43.0 Å². The number of aryl methyl sites for hydroxylation is 1. The molecule has 0 spiro atoms. The van der Waals surface area contributed by atoms with E-state index in [2.05, 4.69) is 17.4 Å². The van der Waals surface area contributed by atoms with E-state index in [1.54, 1.807) is 24.0 Å². The number of nitrogens with zero attached hydrogens (tertiary/aromatic N) is 1. The number of anilines is 1. The van der Waals surface area contributed by atoms with Crippen molar-refractivity contribution in [1.82, 2.24) is 4.90 Å². The molecule has 0 saturated heterocycles. The number of halogens is 1. The van der Waals surface area contributed by atoms with E-state index in [9.17, 15) is 9.59 Å². The molecule has 0 heterocycles. The molecule has 2 aromatic carbocycles. The van der Waals surface area contributed by atoms with Gasteiger partial charge in [0, 0.05) is 37.1 Å². The molecule has 0 radical (unpaired) electrons. The molecule has 138 valence electrons. The van der Waals surface area contributed by atoms with Crippen molar-refractivity contribution >= 4 is 29.1 Å². The van der Waals surface area contributed by atoms with Gasteiger partial charge in [-0.15, -0.1) is 0 Å². The van der Waals surface area contributed by atoms with Crippen LogP contribution in [0.5, 0.6) is 0 Å². The highest BCUT2D eigenvalue weighted by atomic mass is 35.5. The molecular formula is C21H25ClN2O2. The third kappa shape index (κ3) is 6.19. The molecule has 4 nitrogen and oxygen atoms in total. The molecule has 1 N–H and O–H groups in total. The molecule has 0 unspecified atom stereocenters. The maximum absolute atomic E-state index is 12.2. The standard InChI is InChI=1S/C21H25ClN2O2/c1-16-19(22)11-6-12-20(16)23-21(26)13-15-24(17(2)25)14-7-10-18-8-4-3-5-9-18/h3-6,8-9,11-12H,7,10,13-15H2,1-2H3,(H,23,26). The Bertz CT molecular complexity index is 747.